The van der Waals surface area contributed by atoms with Crippen molar-refractivity contribution >= 4 is 22.7 Å². The first kappa shape index (κ1) is 16.6. The van der Waals surface area contributed by atoms with Crippen LogP contribution in [0, 0.1) is 0 Å². The summed E-state index contributed by atoms with van der Waals surface area (Å²) in [5, 5.41) is 7.00. The normalized spacial score (nSPS) is 13.3. The van der Waals surface area contributed by atoms with Crippen LogP contribution in [0.15, 0.2) is 10.8 Å². The predicted molar refractivity (Wildman–Crippen MR) is 93.8 cm³/mol. The van der Waals surface area contributed by atoms with E-state index in [9.17, 15) is 0 Å². The fraction of sp³-hybridized carbons (Fsp3) is 0.647. The summed E-state index contributed by atoms with van der Waals surface area (Å²) >= 11 is 3.63. The number of hydrogen-bond acceptors (Lipinski definition) is 4. The molecule has 0 aliphatic heterocycles. The number of aromatic nitrogens is 2. The molecule has 0 N–H and O–H groups in total. The van der Waals surface area contributed by atoms with Crippen molar-refractivity contribution in [1.29, 1.82) is 0 Å². The van der Waals surface area contributed by atoms with Gasteiger partial charge in [0.2, 0.25) is 0 Å². The van der Waals surface area contributed by atoms with Crippen molar-refractivity contribution in [2.75, 3.05) is 0 Å². The van der Waals surface area contributed by atoms with Crippen molar-refractivity contribution in [3.8, 4) is 0 Å². The van der Waals surface area contributed by atoms with Crippen molar-refractivity contribution in [3.63, 3.8) is 0 Å². The molecule has 116 valence electrons. The molecule has 0 saturated heterocycles. The van der Waals surface area contributed by atoms with Gasteiger partial charge >= 0.3 is 0 Å². The Morgan fingerprint density at radius 3 is 2.10 bits per heavy atom. The molecular formula is C17H26N2S2. The topological polar surface area (TPSA) is 25.8 Å². The van der Waals surface area contributed by atoms with E-state index in [1.54, 1.807) is 0 Å². The smallest absolute Gasteiger partial charge is 0.0956 e. The van der Waals surface area contributed by atoms with Gasteiger partial charge in [0, 0.05) is 16.7 Å². The number of nitrogens with zero attached hydrogens (tertiary/aromatic N) is 2. The van der Waals surface area contributed by atoms with Crippen molar-refractivity contribution < 1.29 is 0 Å². The Kier molecular flexibility index (Phi) is 5.94. The molecule has 0 fully saturated rings. The largest absolute Gasteiger partial charge is 0.246 e. The molecule has 2 nitrogen and oxygen atoms in total. The van der Waals surface area contributed by atoms with Gasteiger partial charge in [-0.1, -0.05) is 34.6 Å². The van der Waals surface area contributed by atoms with Crippen LogP contribution in [0.1, 0.15) is 86.6 Å². The van der Waals surface area contributed by atoms with Crippen molar-refractivity contribution in [2.24, 2.45) is 0 Å². The second-order valence-corrected chi connectivity index (χ2v) is 8.21. The van der Waals surface area contributed by atoms with Crippen LogP contribution in [0.25, 0.3) is 0 Å². The van der Waals surface area contributed by atoms with Gasteiger partial charge in [-0.3, -0.25) is 0 Å². The Morgan fingerprint density at radius 2 is 1.52 bits per heavy atom. The SMILES string of the molecule is CC(C)c1csc(CCCC(C)c2nc(C(C)C)cs2)n1. The highest BCUT2D eigenvalue weighted by Gasteiger charge is 2.13. The molecule has 0 radical (unpaired) electrons. The molecule has 21 heavy (non-hydrogen) atoms. The molecule has 2 aromatic rings. The molecular weight excluding hydrogens is 296 g/mol. The number of rotatable bonds is 7. The fourth-order valence-corrected chi connectivity index (χ4v) is 4.26. The predicted octanol–water partition coefficient (Wildman–Crippen LogP) is 5.97. The van der Waals surface area contributed by atoms with E-state index in [-0.39, 0.29) is 0 Å². The fourth-order valence-electron chi connectivity index (χ4n) is 2.18. The maximum absolute atomic E-state index is 4.77. The summed E-state index contributed by atoms with van der Waals surface area (Å²) < 4.78 is 0. The molecule has 0 aromatic carbocycles. The summed E-state index contributed by atoms with van der Waals surface area (Å²) in [6.07, 6.45) is 3.49. The number of thiazole rings is 2. The van der Waals surface area contributed by atoms with E-state index in [1.807, 2.05) is 22.7 Å². The molecule has 0 saturated carbocycles. The maximum atomic E-state index is 4.77. The van der Waals surface area contributed by atoms with Gasteiger partial charge in [0.25, 0.3) is 0 Å². The average Bonchev–Trinajstić information content (AvgIpc) is 3.07. The number of aryl methyl sites for hydroxylation is 1. The van der Waals surface area contributed by atoms with Gasteiger partial charge in [0.05, 0.1) is 21.4 Å². The lowest BCUT2D eigenvalue weighted by Crippen LogP contribution is -1.96. The molecule has 2 heterocycles. The Hall–Kier alpha value is -0.740. The molecule has 2 aromatic heterocycles. The molecule has 0 aliphatic rings. The lowest BCUT2D eigenvalue weighted by atomic mass is 10.0. The first-order chi connectivity index (χ1) is 9.97. The molecule has 0 bridgehead atoms. The van der Waals surface area contributed by atoms with E-state index >= 15 is 0 Å². The van der Waals surface area contributed by atoms with Crippen LogP contribution in [0.4, 0.5) is 0 Å². The third kappa shape index (κ3) is 4.62. The number of hydrogen-bond donors (Lipinski definition) is 0. The minimum atomic E-state index is 0.534. The summed E-state index contributed by atoms with van der Waals surface area (Å²) in [5.41, 5.74) is 2.48. The van der Waals surface area contributed by atoms with Crippen LogP contribution in [-0.4, -0.2) is 9.97 Å². The zero-order valence-corrected chi connectivity index (χ0v) is 15.4. The summed E-state index contributed by atoms with van der Waals surface area (Å²) in [7, 11) is 0. The van der Waals surface area contributed by atoms with Gasteiger partial charge in [0.15, 0.2) is 0 Å². The van der Waals surface area contributed by atoms with Crippen LogP contribution in [0.3, 0.4) is 0 Å². The summed E-state index contributed by atoms with van der Waals surface area (Å²) in [6, 6.07) is 0. The zero-order valence-electron chi connectivity index (χ0n) is 13.7. The van der Waals surface area contributed by atoms with Gasteiger partial charge in [-0.25, -0.2) is 9.97 Å². The van der Waals surface area contributed by atoms with Crippen LogP contribution in [0.2, 0.25) is 0 Å². The van der Waals surface area contributed by atoms with Crippen molar-refractivity contribution in [3.05, 3.63) is 32.2 Å². The lowest BCUT2D eigenvalue weighted by Gasteiger charge is -2.07. The van der Waals surface area contributed by atoms with E-state index in [0.29, 0.717) is 17.8 Å². The zero-order chi connectivity index (χ0) is 15.4. The summed E-state index contributed by atoms with van der Waals surface area (Å²) in [4.78, 5) is 9.48. The molecule has 1 atom stereocenters. The first-order valence-electron chi connectivity index (χ1n) is 7.87. The van der Waals surface area contributed by atoms with Gasteiger partial charge in [-0.15, -0.1) is 22.7 Å². The van der Waals surface area contributed by atoms with E-state index in [0.717, 1.165) is 6.42 Å². The highest BCUT2D eigenvalue weighted by atomic mass is 32.1. The monoisotopic (exact) mass is 322 g/mol. The van der Waals surface area contributed by atoms with Crippen molar-refractivity contribution in [1.82, 2.24) is 9.97 Å². The Morgan fingerprint density at radius 1 is 0.905 bits per heavy atom. The molecule has 2 rings (SSSR count). The molecule has 0 aliphatic carbocycles. The first-order valence-corrected chi connectivity index (χ1v) is 9.63. The summed E-state index contributed by atoms with van der Waals surface area (Å²) in [6.45, 7) is 11.1. The van der Waals surface area contributed by atoms with Crippen molar-refractivity contribution in [2.45, 2.75) is 71.6 Å². The Balaban J connectivity index is 1.81. The standard InChI is InChI=1S/C17H26N2S2/c1-11(2)14-9-20-16(18-14)8-6-7-13(5)17-19-15(10-21-17)12(3)4/h9-13H,6-8H2,1-5H3. The molecule has 1 unspecified atom stereocenters. The minimum Gasteiger partial charge on any atom is -0.246 e. The second kappa shape index (κ2) is 7.50. The lowest BCUT2D eigenvalue weighted by molar-refractivity contribution is 0.624. The molecule has 0 spiro atoms. The van der Waals surface area contributed by atoms with E-state index in [1.165, 1.54) is 34.2 Å². The highest BCUT2D eigenvalue weighted by Crippen LogP contribution is 2.28. The molecule has 4 heteroatoms. The maximum Gasteiger partial charge on any atom is 0.0956 e. The van der Waals surface area contributed by atoms with E-state index in [4.69, 9.17) is 9.97 Å². The quantitative estimate of drug-likeness (QED) is 0.627. The minimum absolute atomic E-state index is 0.534. The van der Waals surface area contributed by atoms with Crippen LogP contribution in [0.5, 0.6) is 0 Å². The highest BCUT2D eigenvalue weighted by molar-refractivity contribution is 7.10. The van der Waals surface area contributed by atoms with E-state index in [2.05, 4.69) is 45.4 Å². The Labute approximate surface area is 136 Å². The Bertz CT molecular complexity index is 555. The average molecular weight is 323 g/mol. The van der Waals surface area contributed by atoms with Gasteiger partial charge in [-0.2, -0.15) is 0 Å². The van der Waals surface area contributed by atoms with Gasteiger partial charge < -0.3 is 0 Å². The van der Waals surface area contributed by atoms with E-state index < -0.39 is 0 Å². The third-order valence-electron chi connectivity index (χ3n) is 3.74. The molecule has 0 amide bonds. The second-order valence-electron chi connectivity index (χ2n) is 6.38. The van der Waals surface area contributed by atoms with Crippen LogP contribution in [-0.2, 0) is 6.42 Å². The van der Waals surface area contributed by atoms with Crippen LogP contribution >= 0.6 is 22.7 Å². The summed E-state index contributed by atoms with van der Waals surface area (Å²) in [5.74, 6) is 1.64. The van der Waals surface area contributed by atoms with Gasteiger partial charge in [0.1, 0.15) is 0 Å². The van der Waals surface area contributed by atoms with Crippen LogP contribution < -0.4 is 0 Å². The van der Waals surface area contributed by atoms with Gasteiger partial charge in [-0.05, 0) is 31.1 Å². The third-order valence-corrected chi connectivity index (χ3v) is 5.76.